The number of benzene rings is 1. The number of anilines is 2. The fourth-order valence-corrected chi connectivity index (χ4v) is 2.01. The summed E-state index contributed by atoms with van der Waals surface area (Å²) < 4.78 is 18.1. The van der Waals surface area contributed by atoms with E-state index in [0.717, 1.165) is 0 Å². The van der Waals surface area contributed by atoms with Gasteiger partial charge in [-0.1, -0.05) is 11.6 Å². The third-order valence-electron chi connectivity index (χ3n) is 2.85. The molecule has 4 nitrogen and oxygen atoms in total. The first kappa shape index (κ1) is 14.6. The summed E-state index contributed by atoms with van der Waals surface area (Å²) >= 11 is 6.04. The van der Waals surface area contributed by atoms with E-state index in [1.807, 2.05) is 0 Å². The van der Waals surface area contributed by atoms with E-state index in [1.165, 1.54) is 0 Å². The highest BCUT2D eigenvalue weighted by molar-refractivity contribution is 6.31. The normalized spacial score (nSPS) is 10.4. The molecule has 2 rings (SSSR count). The maximum atomic E-state index is 13.0. The van der Waals surface area contributed by atoms with Gasteiger partial charge in [-0.05, 0) is 24.3 Å². The Balaban J connectivity index is 2.27. The van der Waals surface area contributed by atoms with Crippen LogP contribution in [0.2, 0.25) is 5.02 Å². The first-order valence-electron chi connectivity index (χ1n) is 6.02. The Labute approximate surface area is 121 Å². The minimum absolute atomic E-state index is 0.275. The molecule has 0 saturated heterocycles. The lowest BCUT2D eigenvalue weighted by Crippen LogP contribution is -2.02. The van der Waals surface area contributed by atoms with E-state index in [0.29, 0.717) is 33.4 Å². The number of alkyl halides is 1. The number of pyridine rings is 1. The molecular formula is C14H15ClFN3O. The number of aromatic nitrogens is 1. The van der Waals surface area contributed by atoms with Crippen LogP contribution >= 0.6 is 11.6 Å². The second kappa shape index (κ2) is 6.54. The smallest absolute Gasteiger partial charge is 0.119 e. The van der Waals surface area contributed by atoms with Crippen LogP contribution in [0.5, 0.6) is 5.75 Å². The maximum absolute atomic E-state index is 13.0. The van der Waals surface area contributed by atoms with Crippen molar-refractivity contribution in [2.24, 2.45) is 5.73 Å². The minimum Gasteiger partial charge on any atom is -0.497 e. The highest BCUT2D eigenvalue weighted by Crippen LogP contribution is 2.27. The van der Waals surface area contributed by atoms with Gasteiger partial charge in [-0.15, -0.1) is 0 Å². The Morgan fingerprint density at radius 2 is 2.20 bits per heavy atom. The Morgan fingerprint density at radius 1 is 1.40 bits per heavy atom. The molecule has 20 heavy (non-hydrogen) atoms. The predicted molar refractivity (Wildman–Crippen MR) is 78.2 cm³/mol. The molecule has 1 aromatic carbocycles. The van der Waals surface area contributed by atoms with Crippen LogP contribution in [-0.4, -0.2) is 12.1 Å². The van der Waals surface area contributed by atoms with Crippen LogP contribution in [0, 0.1) is 0 Å². The van der Waals surface area contributed by atoms with E-state index in [1.54, 1.807) is 37.6 Å². The van der Waals surface area contributed by atoms with Gasteiger partial charge in [0.05, 0.1) is 29.7 Å². The van der Waals surface area contributed by atoms with Crippen molar-refractivity contribution in [3.8, 4) is 5.75 Å². The highest BCUT2D eigenvalue weighted by atomic mass is 35.5. The van der Waals surface area contributed by atoms with Crippen LogP contribution in [-0.2, 0) is 13.2 Å². The molecule has 0 amide bonds. The van der Waals surface area contributed by atoms with Gasteiger partial charge < -0.3 is 15.8 Å². The van der Waals surface area contributed by atoms with E-state index in [4.69, 9.17) is 22.1 Å². The van der Waals surface area contributed by atoms with Crippen molar-refractivity contribution >= 4 is 23.0 Å². The van der Waals surface area contributed by atoms with Crippen molar-refractivity contribution in [2.75, 3.05) is 12.4 Å². The topological polar surface area (TPSA) is 60.2 Å². The van der Waals surface area contributed by atoms with Gasteiger partial charge in [0.25, 0.3) is 0 Å². The van der Waals surface area contributed by atoms with E-state index >= 15 is 0 Å². The number of nitrogens with one attached hydrogen (secondary N) is 1. The van der Waals surface area contributed by atoms with Crippen LogP contribution in [0.25, 0.3) is 0 Å². The molecule has 1 aromatic heterocycles. The first-order chi connectivity index (χ1) is 9.67. The molecule has 0 aliphatic rings. The Morgan fingerprint density at radius 3 is 2.80 bits per heavy atom. The van der Waals surface area contributed by atoms with Crippen LogP contribution in [0.1, 0.15) is 11.3 Å². The summed E-state index contributed by atoms with van der Waals surface area (Å²) in [6.07, 6.45) is 1.61. The fourth-order valence-electron chi connectivity index (χ4n) is 1.77. The Bertz CT molecular complexity index is 607. The molecule has 0 fully saturated rings. The van der Waals surface area contributed by atoms with Gasteiger partial charge in [0.1, 0.15) is 12.4 Å². The summed E-state index contributed by atoms with van der Waals surface area (Å²) in [6, 6.07) is 6.86. The predicted octanol–water partition coefficient (Wildman–Crippen LogP) is 3.42. The molecule has 0 unspecified atom stereocenters. The van der Waals surface area contributed by atoms with Crippen LogP contribution in [0.15, 0.2) is 30.5 Å². The molecular weight excluding hydrogens is 281 g/mol. The molecule has 106 valence electrons. The molecule has 0 atom stereocenters. The van der Waals surface area contributed by atoms with E-state index in [-0.39, 0.29) is 6.54 Å². The zero-order valence-corrected chi connectivity index (χ0v) is 11.7. The molecule has 2 aromatic rings. The summed E-state index contributed by atoms with van der Waals surface area (Å²) in [7, 11) is 1.54. The van der Waals surface area contributed by atoms with Crippen molar-refractivity contribution < 1.29 is 9.13 Å². The van der Waals surface area contributed by atoms with Crippen LogP contribution < -0.4 is 15.8 Å². The summed E-state index contributed by atoms with van der Waals surface area (Å²) in [5, 5.41) is 3.56. The average Bonchev–Trinajstić information content (AvgIpc) is 2.48. The average molecular weight is 296 g/mol. The third kappa shape index (κ3) is 3.18. The summed E-state index contributed by atoms with van der Waals surface area (Å²) in [4.78, 5) is 4.14. The Hall–Kier alpha value is -1.85. The highest BCUT2D eigenvalue weighted by Gasteiger charge is 2.07. The standard InChI is InChI=1S/C14H15ClFN3O/c1-20-11-2-3-13(9(4-11)6-16)19-10-5-12(15)14(7-17)18-8-10/h2-5,8,19H,6-7,17H2,1H3. The zero-order chi connectivity index (χ0) is 14.5. The van der Waals surface area contributed by atoms with Gasteiger partial charge in [-0.3, -0.25) is 4.98 Å². The number of methoxy groups -OCH3 is 1. The van der Waals surface area contributed by atoms with Gasteiger partial charge >= 0.3 is 0 Å². The number of hydrogen-bond donors (Lipinski definition) is 2. The van der Waals surface area contributed by atoms with Crippen molar-refractivity contribution in [3.05, 3.63) is 46.7 Å². The minimum atomic E-state index is -0.596. The summed E-state index contributed by atoms with van der Waals surface area (Å²) in [5.74, 6) is 0.609. The van der Waals surface area contributed by atoms with Gasteiger partial charge in [0, 0.05) is 17.8 Å². The number of nitrogens with zero attached hydrogens (tertiary/aromatic N) is 1. The molecule has 0 saturated carbocycles. The molecule has 6 heteroatoms. The van der Waals surface area contributed by atoms with E-state index < -0.39 is 6.67 Å². The third-order valence-corrected chi connectivity index (χ3v) is 3.17. The van der Waals surface area contributed by atoms with Crippen LogP contribution in [0.3, 0.4) is 0 Å². The number of hydrogen-bond acceptors (Lipinski definition) is 4. The molecule has 1 heterocycles. The second-order valence-corrected chi connectivity index (χ2v) is 4.55. The number of rotatable bonds is 5. The number of ether oxygens (including phenoxy) is 1. The van der Waals surface area contributed by atoms with Crippen molar-refractivity contribution in [1.82, 2.24) is 4.98 Å². The van der Waals surface area contributed by atoms with Gasteiger partial charge in [0.15, 0.2) is 0 Å². The first-order valence-corrected chi connectivity index (χ1v) is 6.40. The van der Waals surface area contributed by atoms with Crippen molar-refractivity contribution in [1.29, 1.82) is 0 Å². The van der Waals surface area contributed by atoms with Gasteiger partial charge in [-0.2, -0.15) is 0 Å². The monoisotopic (exact) mass is 295 g/mol. The summed E-state index contributed by atoms with van der Waals surface area (Å²) in [6.45, 7) is -0.320. The molecule has 0 bridgehead atoms. The number of nitrogens with two attached hydrogens (primary N) is 1. The molecule has 0 radical (unpaired) electrons. The van der Waals surface area contributed by atoms with Crippen molar-refractivity contribution in [3.63, 3.8) is 0 Å². The molecule has 3 N–H and O–H groups in total. The lowest BCUT2D eigenvalue weighted by Gasteiger charge is -2.12. The second-order valence-electron chi connectivity index (χ2n) is 4.14. The lowest BCUT2D eigenvalue weighted by molar-refractivity contribution is 0.412. The zero-order valence-electron chi connectivity index (χ0n) is 11.0. The molecule has 0 aliphatic heterocycles. The van der Waals surface area contributed by atoms with Gasteiger partial charge in [-0.25, -0.2) is 4.39 Å². The largest absolute Gasteiger partial charge is 0.497 e. The van der Waals surface area contributed by atoms with Crippen LogP contribution in [0.4, 0.5) is 15.8 Å². The van der Waals surface area contributed by atoms with Gasteiger partial charge in [0.2, 0.25) is 0 Å². The quantitative estimate of drug-likeness (QED) is 0.887. The number of halogens is 2. The SMILES string of the molecule is COc1ccc(Nc2cnc(CN)c(Cl)c2)c(CF)c1. The van der Waals surface area contributed by atoms with E-state index in [9.17, 15) is 4.39 Å². The van der Waals surface area contributed by atoms with Crippen molar-refractivity contribution in [2.45, 2.75) is 13.2 Å². The Kier molecular flexibility index (Phi) is 4.76. The summed E-state index contributed by atoms with van der Waals surface area (Å²) in [5.41, 5.74) is 7.94. The van der Waals surface area contributed by atoms with E-state index in [2.05, 4.69) is 10.3 Å². The lowest BCUT2D eigenvalue weighted by atomic mass is 10.1. The fraction of sp³-hybridized carbons (Fsp3) is 0.214. The maximum Gasteiger partial charge on any atom is 0.119 e. The molecule has 0 aliphatic carbocycles. The molecule has 0 spiro atoms.